The third-order valence-corrected chi connectivity index (χ3v) is 4.54. The maximum absolute atomic E-state index is 13.0. The second-order valence-corrected chi connectivity index (χ2v) is 6.21. The maximum Gasteiger partial charge on any atom is 0.239 e. The van der Waals surface area contributed by atoms with Gasteiger partial charge in [-0.05, 0) is 29.8 Å². The molecule has 0 aromatic heterocycles. The molecule has 0 saturated carbocycles. The Morgan fingerprint density at radius 1 is 1.24 bits per heavy atom. The molecule has 1 fully saturated rings. The average molecular weight is 357 g/mol. The lowest BCUT2D eigenvalue weighted by Crippen LogP contribution is -2.28. The number of amidine groups is 1. The van der Waals surface area contributed by atoms with Gasteiger partial charge in [0.1, 0.15) is 11.6 Å². The van der Waals surface area contributed by atoms with Crippen molar-refractivity contribution in [2.75, 3.05) is 12.9 Å². The van der Waals surface area contributed by atoms with Crippen molar-refractivity contribution >= 4 is 29.1 Å². The Labute approximate surface area is 149 Å². The Morgan fingerprint density at radius 2 is 2.00 bits per heavy atom. The van der Waals surface area contributed by atoms with Crippen molar-refractivity contribution in [3.8, 4) is 5.75 Å². The van der Waals surface area contributed by atoms with Crippen LogP contribution in [-0.2, 0) is 11.3 Å². The molecular formula is C18H16FN3O2S. The zero-order valence-electron chi connectivity index (χ0n) is 13.6. The number of rotatable bonds is 5. The molecule has 3 rings (SSSR count). The van der Waals surface area contributed by atoms with Crippen molar-refractivity contribution in [3.63, 3.8) is 0 Å². The molecule has 1 aliphatic heterocycles. The molecule has 0 aliphatic carbocycles. The Balaban J connectivity index is 1.75. The van der Waals surface area contributed by atoms with E-state index >= 15 is 0 Å². The van der Waals surface area contributed by atoms with Crippen LogP contribution < -0.4 is 4.74 Å². The number of para-hydroxylation sites is 1. The van der Waals surface area contributed by atoms with Gasteiger partial charge >= 0.3 is 0 Å². The van der Waals surface area contributed by atoms with E-state index in [4.69, 9.17) is 4.74 Å². The van der Waals surface area contributed by atoms with Crippen molar-refractivity contribution < 1.29 is 13.9 Å². The lowest BCUT2D eigenvalue weighted by Gasteiger charge is -2.15. The Morgan fingerprint density at radius 3 is 2.76 bits per heavy atom. The fourth-order valence-electron chi connectivity index (χ4n) is 2.31. The minimum atomic E-state index is -0.304. The average Bonchev–Trinajstić information content (AvgIpc) is 2.97. The van der Waals surface area contributed by atoms with Gasteiger partial charge in [0, 0.05) is 5.56 Å². The molecule has 0 N–H and O–H groups in total. The summed E-state index contributed by atoms with van der Waals surface area (Å²) in [7, 11) is 1.59. The second-order valence-electron chi connectivity index (χ2n) is 5.26. The normalized spacial score (nSPS) is 16.2. The Hall–Kier alpha value is -2.67. The highest BCUT2D eigenvalue weighted by Gasteiger charge is 2.28. The smallest absolute Gasteiger partial charge is 0.239 e. The van der Waals surface area contributed by atoms with E-state index < -0.39 is 0 Å². The SMILES string of the molecule is COc1ccccc1/C=N\N=C1\SCC(=O)N1Cc1ccc(F)cc1. The van der Waals surface area contributed by atoms with Crippen LogP contribution in [0.2, 0.25) is 0 Å². The fraction of sp³-hybridized carbons (Fsp3) is 0.167. The molecule has 0 atom stereocenters. The van der Waals surface area contributed by atoms with E-state index in [0.717, 1.165) is 11.1 Å². The van der Waals surface area contributed by atoms with Gasteiger partial charge in [-0.2, -0.15) is 5.10 Å². The molecule has 2 aromatic rings. The topological polar surface area (TPSA) is 54.3 Å². The van der Waals surface area contributed by atoms with Crippen LogP contribution in [0.25, 0.3) is 0 Å². The Bertz CT molecular complexity index is 821. The standard InChI is InChI=1S/C18H16FN3O2S/c1-24-16-5-3-2-4-14(16)10-20-21-18-22(17(23)12-25-18)11-13-6-8-15(19)9-7-13/h2-10H,11-12H2,1H3/b20-10-,21-18+. The van der Waals surface area contributed by atoms with Crippen molar-refractivity contribution in [2.45, 2.75) is 6.54 Å². The monoisotopic (exact) mass is 357 g/mol. The van der Waals surface area contributed by atoms with Crippen molar-refractivity contribution in [1.82, 2.24) is 4.90 Å². The molecule has 0 spiro atoms. The highest BCUT2D eigenvalue weighted by molar-refractivity contribution is 8.15. The lowest BCUT2D eigenvalue weighted by atomic mass is 10.2. The van der Waals surface area contributed by atoms with E-state index in [1.165, 1.54) is 23.9 Å². The van der Waals surface area contributed by atoms with Crippen molar-refractivity contribution in [2.24, 2.45) is 10.2 Å². The first-order valence-electron chi connectivity index (χ1n) is 7.59. The molecule has 25 heavy (non-hydrogen) atoms. The van der Waals surface area contributed by atoms with Crippen LogP contribution >= 0.6 is 11.8 Å². The summed E-state index contributed by atoms with van der Waals surface area (Å²) in [5, 5.41) is 8.77. The van der Waals surface area contributed by atoms with Crippen molar-refractivity contribution in [1.29, 1.82) is 0 Å². The predicted octanol–water partition coefficient (Wildman–Crippen LogP) is 3.30. The first kappa shape index (κ1) is 17.2. The summed E-state index contributed by atoms with van der Waals surface area (Å²) in [5.41, 5.74) is 1.63. The van der Waals surface area contributed by atoms with Gasteiger partial charge in [-0.1, -0.05) is 36.0 Å². The number of hydrogen-bond donors (Lipinski definition) is 0. The number of halogens is 1. The van der Waals surface area contributed by atoms with Gasteiger partial charge in [-0.15, -0.1) is 5.10 Å². The Kier molecular flexibility index (Phi) is 5.45. The van der Waals surface area contributed by atoms with Crippen LogP contribution in [0.4, 0.5) is 4.39 Å². The molecular weight excluding hydrogens is 341 g/mol. The number of ether oxygens (including phenoxy) is 1. The van der Waals surface area contributed by atoms with Gasteiger partial charge in [0.2, 0.25) is 5.91 Å². The summed E-state index contributed by atoms with van der Waals surface area (Å²) in [6, 6.07) is 13.5. The molecule has 1 heterocycles. The quantitative estimate of drug-likeness (QED) is 0.609. The second kappa shape index (κ2) is 7.94. The third-order valence-electron chi connectivity index (χ3n) is 3.59. The summed E-state index contributed by atoms with van der Waals surface area (Å²) in [6.45, 7) is 0.342. The lowest BCUT2D eigenvalue weighted by molar-refractivity contribution is -0.124. The van der Waals surface area contributed by atoms with Gasteiger partial charge in [0.05, 0.1) is 25.6 Å². The number of methoxy groups -OCH3 is 1. The van der Waals surface area contributed by atoms with Crippen LogP contribution in [-0.4, -0.2) is 35.1 Å². The zero-order valence-corrected chi connectivity index (χ0v) is 14.4. The van der Waals surface area contributed by atoms with Gasteiger partial charge in [-0.25, -0.2) is 4.39 Å². The van der Waals surface area contributed by atoms with Gasteiger partial charge < -0.3 is 4.74 Å². The number of carbonyl (C=O) groups is 1. The van der Waals surface area contributed by atoms with E-state index in [9.17, 15) is 9.18 Å². The van der Waals surface area contributed by atoms with E-state index in [2.05, 4.69) is 10.2 Å². The summed E-state index contributed by atoms with van der Waals surface area (Å²) < 4.78 is 18.3. The molecule has 5 nitrogen and oxygen atoms in total. The summed E-state index contributed by atoms with van der Waals surface area (Å²) in [6.07, 6.45) is 1.59. The first-order chi connectivity index (χ1) is 12.2. The van der Waals surface area contributed by atoms with Crippen LogP contribution in [0, 0.1) is 5.82 Å². The minimum absolute atomic E-state index is 0.0411. The van der Waals surface area contributed by atoms with E-state index in [1.807, 2.05) is 24.3 Å². The number of hydrogen-bond acceptors (Lipinski definition) is 5. The molecule has 2 aromatic carbocycles. The maximum atomic E-state index is 13.0. The van der Waals surface area contributed by atoms with Crippen LogP contribution in [0.3, 0.4) is 0 Å². The molecule has 7 heteroatoms. The van der Waals surface area contributed by atoms with Crippen molar-refractivity contribution in [3.05, 3.63) is 65.5 Å². The highest BCUT2D eigenvalue weighted by atomic mass is 32.2. The molecule has 0 radical (unpaired) electrons. The summed E-state index contributed by atoms with van der Waals surface area (Å²) in [4.78, 5) is 13.6. The molecule has 1 aliphatic rings. The van der Waals surface area contributed by atoms with E-state index in [-0.39, 0.29) is 11.7 Å². The molecule has 128 valence electrons. The molecule has 0 unspecified atom stereocenters. The largest absolute Gasteiger partial charge is 0.496 e. The van der Waals surface area contributed by atoms with Gasteiger partial charge in [-0.3, -0.25) is 9.69 Å². The zero-order chi connectivity index (χ0) is 17.6. The van der Waals surface area contributed by atoms with Crippen LogP contribution in [0.5, 0.6) is 5.75 Å². The molecule has 0 bridgehead atoms. The van der Waals surface area contributed by atoms with Crippen LogP contribution in [0.1, 0.15) is 11.1 Å². The third kappa shape index (κ3) is 4.24. The highest BCUT2D eigenvalue weighted by Crippen LogP contribution is 2.22. The van der Waals surface area contributed by atoms with E-state index in [1.54, 1.807) is 30.4 Å². The van der Waals surface area contributed by atoms with Crippen LogP contribution in [0.15, 0.2) is 58.7 Å². The summed E-state index contributed by atoms with van der Waals surface area (Å²) in [5.74, 6) is 0.677. The fourth-order valence-corrected chi connectivity index (χ4v) is 3.15. The first-order valence-corrected chi connectivity index (χ1v) is 8.57. The summed E-state index contributed by atoms with van der Waals surface area (Å²) >= 11 is 1.33. The molecule has 1 amide bonds. The minimum Gasteiger partial charge on any atom is -0.496 e. The number of thioether (sulfide) groups is 1. The van der Waals surface area contributed by atoms with Gasteiger partial charge in [0.25, 0.3) is 0 Å². The number of benzene rings is 2. The predicted molar refractivity (Wildman–Crippen MR) is 97.4 cm³/mol. The number of carbonyl (C=O) groups excluding carboxylic acids is 1. The number of amides is 1. The van der Waals surface area contributed by atoms with Gasteiger partial charge in [0.15, 0.2) is 5.17 Å². The van der Waals surface area contributed by atoms with E-state index in [0.29, 0.717) is 23.2 Å². The number of nitrogens with zero attached hydrogens (tertiary/aromatic N) is 3. The molecule has 1 saturated heterocycles.